The molecular weight excluding hydrogens is 302 g/mol. The molecule has 2 aromatic rings. The van der Waals surface area contributed by atoms with Crippen molar-refractivity contribution in [1.29, 1.82) is 0 Å². The molecule has 19 heavy (non-hydrogen) atoms. The van der Waals surface area contributed by atoms with Crippen LogP contribution in [0.2, 0.25) is 0 Å². The first-order valence-corrected chi connectivity index (χ1v) is 7.60. The van der Waals surface area contributed by atoms with E-state index >= 15 is 0 Å². The van der Waals surface area contributed by atoms with Crippen LogP contribution in [0.25, 0.3) is 5.69 Å². The van der Waals surface area contributed by atoms with Crippen molar-refractivity contribution >= 4 is 21.9 Å². The Morgan fingerprint density at radius 1 is 1.32 bits per heavy atom. The minimum absolute atomic E-state index is 0.579. The van der Waals surface area contributed by atoms with Crippen molar-refractivity contribution in [3.63, 3.8) is 0 Å². The second-order valence-corrected chi connectivity index (χ2v) is 6.03. The second kappa shape index (κ2) is 5.37. The van der Waals surface area contributed by atoms with Gasteiger partial charge in [0.25, 0.3) is 0 Å². The Morgan fingerprint density at radius 2 is 2.11 bits per heavy atom. The highest BCUT2D eigenvalue weighted by atomic mass is 79.9. The van der Waals surface area contributed by atoms with Crippen LogP contribution >= 0.6 is 15.9 Å². The zero-order chi connectivity index (χ0) is 13.2. The summed E-state index contributed by atoms with van der Waals surface area (Å²) in [6.45, 7) is 2.10. The first-order valence-electron chi connectivity index (χ1n) is 6.80. The first kappa shape index (κ1) is 12.7. The molecule has 100 valence electrons. The summed E-state index contributed by atoms with van der Waals surface area (Å²) < 4.78 is 3.24. The van der Waals surface area contributed by atoms with Gasteiger partial charge in [0.15, 0.2) is 0 Å². The van der Waals surface area contributed by atoms with Gasteiger partial charge in [0.2, 0.25) is 5.95 Å². The lowest BCUT2D eigenvalue weighted by Crippen LogP contribution is -2.17. The van der Waals surface area contributed by atoms with E-state index in [0.29, 0.717) is 6.04 Å². The van der Waals surface area contributed by atoms with Crippen LogP contribution < -0.4 is 5.32 Å². The summed E-state index contributed by atoms with van der Waals surface area (Å²) in [5.74, 6) is 0.947. The number of halogens is 1. The standard InChI is InChI=1S/C15H18BrN3/c1-11-6-7-13(10-14(11)16)19-9-8-17-15(19)18-12-4-2-3-5-12/h6-10,12H,2-5H2,1H3,(H,17,18). The lowest BCUT2D eigenvalue weighted by molar-refractivity contribution is 0.740. The summed E-state index contributed by atoms with van der Waals surface area (Å²) in [5, 5.41) is 3.56. The molecule has 3 nitrogen and oxygen atoms in total. The molecule has 1 aromatic carbocycles. The highest BCUT2D eigenvalue weighted by Crippen LogP contribution is 2.25. The van der Waals surface area contributed by atoms with E-state index in [0.717, 1.165) is 16.1 Å². The van der Waals surface area contributed by atoms with Crippen LogP contribution in [0.3, 0.4) is 0 Å². The quantitative estimate of drug-likeness (QED) is 0.914. The molecule has 0 amide bonds. The summed E-state index contributed by atoms with van der Waals surface area (Å²) in [5.41, 5.74) is 2.38. The number of benzene rings is 1. The van der Waals surface area contributed by atoms with Gasteiger partial charge in [-0.15, -0.1) is 0 Å². The Kier molecular flexibility index (Phi) is 3.60. The van der Waals surface area contributed by atoms with E-state index in [2.05, 4.69) is 55.9 Å². The minimum Gasteiger partial charge on any atom is -0.353 e. The van der Waals surface area contributed by atoms with Crippen LogP contribution in [0.4, 0.5) is 5.95 Å². The van der Waals surface area contributed by atoms with Crippen LogP contribution in [0.5, 0.6) is 0 Å². The summed E-state index contributed by atoms with van der Waals surface area (Å²) in [4.78, 5) is 4.44. The maximum absolute atomic E-state index is 4.44. The Morgan fingerprint density at radius 3 is 2.84 bits per heavy atom. The predicted octanol–water partition coefficient (Wildman–Crippen LogP) is 4.30. The van der Waals surface area contributed by atoms with Crippen molar-refractivity contribution in [1.82, 2.24) is 9.55 Å². The number of hydrogen-bond donors (Lipinski definition) is 1. The number of hydrogen-bond acceptors (Lipinski definition) is 2. The molecule has 1 aliphatic carbocycles. The van der Waals surface area contributed by atoms with Gasteiger partial charge in [0, 0.05) is 28.6 Å². The van der Waals surface area contributed by atoms with Crippen molar-refractivity contribution < 1.29 is 0 Å². The van der Waals surface area contributed by atoms with Gasteiger partial charge in [0.05, 0.1) is 0 Å². The average Bonchev–Trinajstić information content (AvgIpc) is 3.05. The zero-order valence-electron chi connectivity index (χ0n) is 11.1. The number of aromatic nitrogens is 2. The molecule has 1 aliphatic rings. The van der Waals surface area contributed by atoms with E-state index in [9.17, 15) is 0 Å². The van der Waals surface area contributed by atoms with Gasteiger partial charge in [-0.1, -0.05) is 34.8 Å². The van der Waals surface area contributed by atoms with Gasteiger partial charge in [-0.25, -0.2) is 4.98 Å². The molecule has 0 aliphatic heterocycles. The Balaban J connectivity index is 1.87. The summed E-state index contributed by atoms with van der Waals surface area (Å²) in [6.07, 6.45) is 9.03. The summed E-state index contributed by atoms with van der Waals surface area (Å²) in [6, 6.07) is 6.96. The van der Waals surface area contributed by atoms with Crippen LogP contribution in [0, 0.1) is 6.92 Å². The fourth-order valence-electron chi connectivity index (χ4n) is 2.60. The molecule has 1 saturated carbocycles. The molecule has 3 rings (SSSR count). The molecule has 0 saturated heterocycles. The first-order chi connectivity index (χ1) is 9.24. The smallest absolute Gasteiger partial charge is 0.207 e. The third kappa shape index (κ3) is 2.68. The lowest BCUT2D eigenvalue weighted by atomic mass is 10.2. The highest BCUT2D eigenvalue weighted by Gasteiger charge is 2.17. The molecular formula is C15H18BrN3. The van der Waals surface area contributed by atoms with Crippen molar-refractivity contribution in [3.05, 3.63) is 40.6 Å². The number of rotatable bonds is 3. The van der Waals surface area contributed by atoms with E-state index in [1.807, 2.05) is 12.4 Å². The van der Waals surface area contributed by atoms with Gasteiger partial charge >= 0.3 is 0 Å². The highest BCUT2D eigenvalue weighted by molar-refractivity contribution is 9.10. The topological polar surface area (TPSA) is 29.9 Å². The van der Waals surface area contributed by atoms with Crippen molar-refractivity contribution in [2.75, 3.05) is 5.32 Å². The maximum atomic E-state index is 4.44. The third-order valence-corrected chi connectivity index (χ3v) is 4.62. The largest absolute Gasteiger partial charge is 0.353 e. The SMILES string of the molecule is Cc1ccc(-n2ccnc2NC2CCCC2)cc1Br. The molecule has 4 heteroatoms. The molecule has 1 heterocycles. The predicted molar refractivity (Wildman–Crippen MR) is 81.9 cm³/mol. The number of nitrogens with zero attached hydrogens (tertiary/aromatic N) is 2. The number of anilines is 1. The minimum atomic E-state index is 0.579. The fourth-order valence-corrected chi connectivity index (χ4v) is 2.97. The van der Waals surface area contributed by atoms with Crippen molar-refractivity contribution in [2.45, 2.75) is 38.6 Å². The van der Waals surface area contributed by atoms with Gasteiger partial charge in [-0.2, -0.15) is 0 Å². The van der Waals surface area contributed by atoms with Gasteiger partial charge in [0.1, 0.15) is 0 Å². The number of aryl methyl sites for hydroxylation is 1. The molecule has 0 radical (unpaired) electrons. The second-order valence-electron chi connectivity index (χ2n) is 5.18. The Labute approximate surface area is 122 Å². The van der Waals surface area contributed by atoms with E-state index < -0.39 is 0 Å². The van der Waals surface area contributed by atoms with Crippen molar-refractivity contribution in [2.24, 2.45) is 0 Å². The monoisotopic (exact) mass is 319 g/mol. The molecule has 1 fully saturated rings. The van der Waals surface area contributed by atoms with Gasteiger partial charge in [-0.3, -0.25) is 4.57 Å². The van der Waals surface area contributed by atoms with Crippen molar-refractivity contribution in [3.8, 4) is 5.69 Å². The van der Waals surface area contributed by atoms with Crippen LogP contribution in [-0.2, 0) is 0 Å². The Hall–Kier alpha value is -1.29. The van der Waals surface area contributed by atoms with E-state index in [1.54, 1.807) is 0 Å². The van der Waals surface area contributed by atoms with Crippen LogP contribution in [0.15, 0.2) is 35.1 Å². The normalized spacial score (nSPS) is 15.9. The van der Waals surface area contributed by atoms with Gasteiger partial charge in [-0.05, 0) is 37.5 Å². The van der Waals surface area contributed by atoms with Crippen LogP contribution in [0.1, 0.15) is 31.2 Å². The maximum Gasteiger partial charge on any atom is 0.207 e. The lowest BCUT2D eigenvalue weighted by Gasteiger charge is -2.15. The number of nitrogens with one attached hydrogen (secondary N) is 1. The van der Waals surface area contributed by atoms with E-state index in [4.69, 9.17) is 0 Å². The molecule has 1 N–H and O–H groups in total. The van der Waals surface area contributed by atoms with E-state index in [1.165, 1.54) is 31.2 Å². The zero-order valence-corrected chi connectivity index (χ0v) is 12.7. The average molecular weight is 320 g/mol. The third-order valence-electron chi connectivity index (χ3n) is 3.76. The van der Waals surface area contributed by atoms with Gasteiger partial charge < -0.3 is 5.32 Å². The van der Waals surface area contributed by atoms with E-state index in [-0.39, 0.29) is 0 Å². The molecule has 0 atom stereocenters. The summed E-state index contributed by atoms with van der Waals surface area (Å²) >= 11 is 3.59. The Bertz CT molecular complexity index is 571. The molecule has 0 unspecified atom stereocenters. The fraction of sp³-hybridized carbons (Fsp3) is 0.400. The number of imidazole rings is 1. The van der Waals surface area contributed by atoms with Crippen LogP contribution in [-0.4, -0.2) is 15.6 Å². The molecule has 0 spiro atoms. The molecule has 1 aromatic heterocycles. The summed E-state index contributed by atoms with van der Waals surface area (Å²) in [7, 11) is 0. The molecule has 0 bridgehead atoms.